The number of ether oxygens (including phenoxy) is 1. The Labute approximate surface area is 146 Å². The first-order valence-corrected chi connectivity index (χ1v) is 8.34. The van der Waals surface area contributed by atoms with Gasteiger partial charge in [-0.1, -0.05) is 36.4 Å². The lowest BCUT2D eigenvalue weighted by Crippen LogP contribution is -2.37. The van der Waals surface area contributed by atoms with Crippen molar-refractivity contribution >= 4 is 11.7 Å². The van der Waals surface area contributed by atoms with Crippen molar-refractivity contribution in [2.24, 2.45) is 0 Å². The van der Waals surface area contributed by atoms with Crippen molar-refractivity contribution in [3.8, 4) is 0 Å². The number of benzene rings is 2. The normalized spacial score (nSPS) is 15.7. The molecule has 1 aliphatic heterocycles. The van der Waals surface area contributed by atoms with E-state index >= 15 is 0 Å². The number of carbonyl (C=O) groups is 1. The fraction of sp³-hybridized carbons (Fsp3) is 0.316. The van der Waals surface area contributed by atoms with Gasteiger partial charge < -0.3 is 4.74 Å². The molecule has 0 radical (unpaired) electrons. The van der Waals surface area contributed by atoms with Crippen LogP contribution in [0.15, 0.2) is 54.6 Å². The van der Waals surface area contributed by atoms with E-state index in [-0.39, 0.29) is 22.7 Å². The third-order valence-corrected chi connectivity index (χ3v) is 4.40. The molecule has 1 heterocycles. The Kier molecular flexibility index (Phi) is 5.40. The molecule has 0 aromatic heterocycles. The molecule has 0 saturated carbocycles. The fourth-order valence-corrected chi connectivity index (χ4v) is 3.04. The maximum Gasteiger partial charge on any atom is 0.338 e. The first kappa shape index (κ1) is 17.1. The Balaban J connectivity index is 1.52. The molecule has 0 unspecified atom stereocenters. The van der Waals surface area contributed by atoms with Crippen molar-refractivity contribution in [1.82, 2.24) is 4.90 Å². The molecule has 0 N–H and O–H groups in total. The second kappa shape index (κ2) is 7.90. The molecule has 0 bridgehead atoms. The lowest BCUT2D eigenvalue weighted by Gasteiger charge is -2.31. The van der Waals surface area contributed by atoms with Crippen molar-refractivity contribution in [1.29, 1.82) is 0 Å². The first-order chi connectivity index (χ1) is 12.1. The van der Waals surface area contributed by atoms with Crippen molar-refractivity contribution in [2.45, 2.75) is 25.5 Å². The van der Waals surface area contributed by atoms with Gasteiger partial charge in [-0.25, -0.2) is 4.79 Å². The molecule has 1 fully saturated rings. The van der Waals surface area contributed by atoms with E-state index in [2.05, 4.69) is 4.90 Å². The maximum atomic E-state index is 12.1. The van der Waals surface area contributed by atoms with Gasteiger partial charge in [-0.3, -0.25) is 15.0 Å². The van der Waals surface area contributed by atoms with Gasteiger partial charge >= 0.3 is 5.97 Å². The molecule has 0 spiro atoms. The number of hydrogen-bond donors (Lipinski definition) is 0. The van der Waals surface area contributed by atoms with Crippen molar-refractivity contribution in [2.75, 3.05) is 13.1 Å². The van der Waals surface area contributed by atoms with E-state index in [1.165, 1.54) is 6.07 Å². The second-order valence-electron chi connectivity index (χ2n) is 6.13. The van der Waals surface area contributed by atoms with Gasteiger partial charge in [0.1, 0.15) is 6.10 Å². The van der Waals surface area contributed by atoms with Crippen LogP contribution in [0.5, 0.6) is 0 Å². The van der Waals surface area contributed by atoms with Crippen LogP contribution in [0.1, 0.15) is 28.8 Å². The van der Waals surface area contributed by atoms with E-state index in [9.17, 15) is 14.9 Å². The number of esters is 1. The number of para-hydroxylation sites is 1. The van der Waals surface area contributed by atoms with Crippen LogP contribution in [0.25, 0.3) is 0 Å². The molecule has 6 nitrogen and oxygen atoms in total. The quantitative estimate of drug-likeness (QED) is 0.474. The highest BCUT2D eigenvalue weighted by atomic mass is 16.6. The van der Waals surface area contributed by atoms with Gasteiger partial charge in [-0.05, 0) is 25.0 Å². The summed E-state index contributed by atoms with van der Waals surface area (Å²) in [6.45, 7) is 2.04. The summed E-state index contributed by atoms with van der Waals surface area (Å²) in [7, 11) is 0. The minimum atomic E-state index is -0.344. The third-order valence-electron chi connectivity index (χ3n) is 4.40. The molecular formula is C19H20N2O4. The van der Waals surface area contributed by atoms with Crippen molar-refractivity contribution in [3.05, 3.63) is 75.8 Å². The highest BCUT2D eigenvalue weighted by molar-refractivity contribution is 5.89. The molecule has 0 atom stereocenters. The van der Waals surface area contributed by atoms with Crippen molar-refractivity contribution in [3.63, 3.8) is 0 Å². The van der Waals surface area contributed by atoms with Gasteiger partial charge in [0, 0.05) is 31.3 Å². The summed E-state index contributed by atoms with van der Waals surface area (Å²) < 4.78 is 5.56. The second-order valence-corrected chi connectivity index (χ2v) is 6.13. The number of nitro benzene ring substituents is 1. The van der Waals surface area contributed by atoms with Crippen molar-refractivity contribution < 1.29 is 14.5 Å². The number of hydrogen-bond acceptors (Lipinski definition) is 5. The zero-order chi connectivity index (χ0) is 17.6. The Hall–Kier alpha value is -2.73. The zero-order valence-electron chi connectivity index (χ0n) is 13.8. The van der Waals surface area contributed by atoms with E-state index < -0.39 is 0 Å². The van der Waals surface area contributed by atoms with E-state index in [0.717, 1.165) is 25.9 Å². The lowest BCUT2D eigenvalue weighted by atomic mass is 10.1. The van der Waals surface area contributed by atoms with Gasteiger partial charge in [-0.15, -0.1) is 0 Å². The molecule has 1 aliphatic rings. The Bertz CT molecular complexity index is 740. The minimum Gasteiger partial charge on any atom is -0.459 e. The number of nitro groups is 1. The average molecular weight is 340 g/mol. The highest BCUT2D eigenvalue weighted by Crippen LogP contribution is 2.22. The molecule has 0 aliphatic carbocycles. The van der Waals surface area contributed by atoms with Crippen LogP contribution >= 0.6 is 0 Å². The SMILES string of the molecule is O=C(OC1CCN(Cc2ccccc2[N+](=O)[O-])CC1)c1ccccc1. The Morgan fingerprint density at radius 3 is 2.40 bits per heavy atom. The molecule has 3 rings (SSSR count). The van der Waals surface area contributed by atoms with Gasteiger partial charge in [0.25, 0.3) is 5.69 Å². The van der Waals surface area contributed by atoms with E-state index in [1.54, 1.807) is 24.3 Å². The monoisotopic (exact) mass is 340 g/mol. The van der Waals surface area contributed by atoms with Crippen LogP contribution in [-0.4, -0.2) is 35.0 Å². The average Bonchev–Trinajstić information content (AvgIpc) is 2.64. The summed E-state index contributed by atoms with van der Waals surface area (Å²) in [5, 5.41) is 11.1. The molecule has 1 saturated heterocycles. The Morgan fingerprint density at radius 2 is 1.72 bits per heavy atom. The van der Waals surface area contributed by atoms with E-state index in [4.69, 9.17) is 4.74 Å². The van der Waals surface area contributed by atoms with Gasteiger partial charge in [0.05, 0.1) is 10.5 Å². The number of piperidine rings is 1. The van der Waals surface area contributed by atoms with Crippen LogP contribution in [0, 0.1) is 10.1 Å². The van der Waals surface area contributed by atoms with Crippen LogP contribution in [0.3, 0.4) is 0 Å². The smallest absolute Gasteiger partial charge is 0.338 e. The van der Waals surface area contributed by atoms with Gasteiger partial charge in [0.15, 0.2) is 0 Å². The third kappa shape index (κ3) is 4.42. The topological polar surface area (TPSA) is 72.7 Å². The molecule has 130 valence electrons. The molecule has 25 heavy (non-hydrogen) atoms. The summed E-state index contributed by atoms with van der Waals surface area (Å²) in [5.74, 6) is -0.294. The molecular weight excluding hydrogens is 320 g/mol. The molecule has 2 aromatic carbocycles. The van der Waals surface area contributed by atoms with Gasteiger partial charge in [-0.2, -0.15) is 0 Å². The zero-order valence-corrected chi connectivity index (χ0v) is 13.8. The molecule has 0 amide bonds. The predicted molar refractivity (Wildman–Crippen MR) is 93.3 cm³/mol. The summed E-state index contributed by atoms with van der Waals surface area (Å²) in [4.78, 5) is 25.0. The molecule has 2 aromatic rings. The number of rotatable bonds is 5. The van der Waals surface area contributed by atoms with Crippen LogP contribution in [0.4, 0.5) is 5.69 Å². The number of carbonyl (C=O) groups excluding carboxylic acids is 1. The Morgan fingerprint density at radius 1 is 1.08 bits per heavy atom. The van der Waals surface area contributed by atoms with E-state index in [0.29, 0.717) is 17.7 Å². The molecule has 6 heteroatoms. The first-order valence-electron chi connectivity index (χ1n) is 8.34. The maximum absolute atomic E-state index is 12.1. The predicted octanol–water partition coefficient (Wildman–Crippen LogP) is 3.42. The minimum absolute atomic E-state index is 0.102. The summed E-state index contributed by atoms with van der Waals surface area (Å²) in [6.07, 6.45) is 1.37. The lowest BCUT2D eigenvalue weighted by molar-refractivity contribution is -0.385. The van der Waals surface area contributed by atoms with E-state index in [1.807, 2.05) is 24.3 Å². The summed E-state index contributed by atoms with van der Waals surface area (Å²) in [5.41, 5.74) is 1.43. The van der Waals surface area contributed by atoms with Crippen LogP contribution in [-0.2, 0) is 11.3 Å². The highest BCUT2D eigenvalue weighted by Gasteiger charge is 2.24. The van der Waals surface area contributed by atoms with Crippen LogP contribution in [0.2, 0.25) is 0 Å². The standard InChI is InChI=1S/C19H20N2O4/c22-19(15-6-2-1-3-7-15)25-17-10-12-20(13-11-17)14-16-8-4-5-9-18(16)21(23)24/h1-9,17H,10-14H2. The number of nitrogens with zero attached hydrogens (tertiary/aromatic N) is 2. The fourth-order valence-electron chi connectivity index (χ4n) is 3.04. The number of likely N-dealkylation sites (tertiary alicyclic amines) is 1. The van der Waals surface area contributed by atoms with Crippen LogP contribution < -0.4 is 0 Å². The summed E-state index contributed by atoms with van der Waals surface area (Å²) >= 11 is 0. The largest absolute Gasteiger partial charge is 0.459 e. The summed E-state index contributed by atoms with van der Waals surface area (Å²) in [6, 6.07) is 15.8. The van der Waals surface area contributed by atoms with Gasteiger partial charge in [0.2, 0.25) is 0 Å².